The minimum absolute atomic E-state index is 0.130. The molecule has 2 N–H and O–H groups in total. The lowest BCUT2D eigenvalue weighted by atomic mass is 9.83. The number of hydrogen-bond acceptors (Lipinski definition) is 7. The smallest absolute Gasteiger partial charge is 0.269 e. The van der Waals surface area contributed by atoms with E-state index in [2.05, 4.69) is 19.9 Å². The first kappa shape index (κ1) is 22.5. The molecule has 0 unspecified atom stereocenters. The number of hydrogen-bond donors (Lipinski definition) is 1. The van der Waals surface area contributed by atoms with Gasteiger partial charge in [0.05, 0.1) is 16.8 Å². The summed E-state index contributed by atoms with van der Waals surface area (Å²) < 4.78 is 42.5. The Labute approximate surface area is 197 Å². The lowest BCUT2D eigenvalue weighted by molar-refractivity contribution is 0.316. The van der Waals surface area contributed by atoms with Crippen LogP contribution in [-0.4, -0.2) is 38.4 Å². The highest BCUT2D eigenvalue weighted by Crippen LogP contribution is 2.31. The fraction of sp³-hybridized carbons (Fsp3) is 0.333. The second kappa shape index (κ2) is 8.84. The fourth-order valence-electron chi connectivity index (χ4n) is 4.59. The van der Waals surface area contributed by atoms with Crippen LogP contribution in [0.5, 0.6) is 0 Å². The van der Waals surface area contributed by atoms with Crippen molar-refractivity contribution in [2.45, 2.75) is 50.0 Å². The van der Waals surface area contributed by atoms with Gasteiger partial charge in [-0.05, 0) is 50.7 Å². The minimum atomic E-state index is -3.93. The molecule has 1 fully saturated rings. The number of halogens is 1. The molecule has 1 saturated carbocycles. The predicted molar refractivity (Wildman–Crippen MR) is 126 cm³/mol. The molecule has 0 aliphatic heterocycles. The number of fused-ring (bicyclic) bond motifs is 1. The fourth-order valence-corrected chi connectivity index (χ4v) is 5.91. The Morgan fingerprint density at radius 3 is 2.71 bits per heavy atom. The maximum Gasteiger partial charge on any atom is 0.269 e. The topological polar surface area (TPSA) is 117 Å². The highest BCUT2D eigenvalue weighted by atomic mass is 32.2. The van der Waals surface area contributed by atoms with E-state index in [0.29, 0.717) is 23.1 Å². The van der Waals surface area contributed by atoms with Crippen molar-refractivity contribution >= 4 is 21.1 Å². The largest absolute Gasteiger partial charge is 0.328 e. The minimum Gasteiger partial charge on any atom is -0.328 e. The van der Waals surface area contributed by atoms with Gasteiger partial charge >= 0.3 is 0 Å². The second-order valence-electron chi connectivity index (χ2n) is 8.90. The van der Waals surface area contributed by atoms with Crippen LogP contribution in [-0.2, 0) is 16.4 Å². The van der Waals surface area contributed by atoms with E-state index in [1.54, 1.807) is 24.3 Å². The van der Waals surface area contributed by atoms with E-state index in [-0.39, 0.29) is 28.3 Å². The van der Waals surface area contributed by atoms with Crippen molar-refractivity contribution in [3.05, 3.63) is 66.3 Å². The number of benzene rings is 1. The third kappa shape index (κ3) is 4.19. The van der Waals surface area contributed by atoms with Crippen LogP contribution >= 0.6 is 0 Å². The van der Waals surface area contributed by atoms with E-state index >= 15 is 0 Å². The molecular formula is C24H25FN6O2S. The third-order valence-electron chi connectivity index (χ3n) is 6.38. The van der Waals surface area contributed by atoms with Gasteiger partial charge in [0, 0.05) is 29.4 Å². The van der Waals surface area contributed by atoms with E-state index in [4.69, 9.17) is 5.73 Å². The first-order valence-electron chi connectivity index (χ1n) is 11.2. The Bertz CT molecular complexity index is 1450. The van der Waals surface area contributed by atoms with Gasteiger partial charge in [0.25, 0.3) is 10.0 Å². The Balaban J connectivity index is 1.58. The van der Waals surface area contributed by atoms with Gasteiger partial charge < -0.3 is 5.73 Å². The number of rotatable bonds is 5. The quantitative estimate of drug-likeness (QED) is 0.463. The molecule has 0 radical (unpaired) electrons. The summed E-state index contributed by atoms with van der Waals surface area (Å²) in [5.74, 6) is 0.0110. The summed E-state index contributed by atoms with van der Waals surface area (Å²) >= 11 is 0. The number of nitrogens with two attached hydrogens (primary N) is 1. The van der Waals surface area contributed by atoms with E-state index in [9.17, 15) is 12.8 Å². The first-order valence-corrected chi connectivity index (χ1v) is 12.7. The van der Waals surface area contributed by atoms with E-state index in [1.165, 1.54) is 18.7 Å². The summed E-state index contributed by atoms with van der Waals surface area (Å²) in [5, 5.41) is 0.468. The maximum absolute atomic E-state index is 14.6. The normalized spacial score (nSPS) is 18.9. The summed E-state index contributed by atoms with van der Waals surface area (Å²) in [7, 11) is -3.93. The zero-order valence-corrected chi connectivity index (χ0v) is 19.5. The van der Waals surface area contributed by atoms with E-state index in [1.807, 2.05) is 6.92 Å². The summed E-state index contributed by atoms with van der Waals surface area (Å²) in [4.78, 5) is 17.1. The average molecular weight is 481 g/mol. The molecule has 2 atom stereocenters. The summed E-state index contributed by atoms with van der Waals surface area (Å²) in [6.07, 6.45) is 9.67. The zero-order valence-electron chi connectivity index (χ0n) is 18.7. The van der Waals surface area contributed by atoms with Crippen LogP contribution in [0.4, 0.5) is 4.39 Å². The highest BCUT2D eigenvalue weighted by Gasteiger charge is 2.25. The van der Waals surface area contributed by atoms with Gasteiger partial charge in [0.15, 0.2) is 17.3 Å². The van der Waals surface area contributed by atoms with Gasteiger partial charge in [-0.15, -0.1) is 0 Å². The monoisotopic (exact) mass is 480 g/mol. The predicted octanol–water partition coefficient (Wildman–Crippen LogP) is 3.63. The number of aromatic nitrogens is 5. The van der Waals surface area contributed by atoms with E-state index < -0.39 is 15.8 Å². The van der Waals surface area contributed by atoms with Gasteiger partial charge in [-0.1, -0.05) is 24.1 Å². The molecule has 3 heterocycles. The third-order valence-corrected chi connectivity index (χ3v) is 8.04. The van der Waals surface area contributed by atoms with Crippen LogP contribution < -0.4 is 5.73 Å². The van der Waals surface area contributed by atoms with Crippen molar-refractivity contribution in [2.24, 2.45) is 11.7 Å². The standard InChI is InChI=1S/C24H25FN6O2S/c1-15-5-7-18(8-6-15)34(32,33)31-13-20(19-11-27-14-29-24(19)31)23-28-12-21(25)22(30-23)10-16-3-2-4-17(26)9-16/h5-8,11-14,16-17H,2-4,9-10,26H2,1H3/t16-,17+/m1/s1. The van der Waals surface area contributed by atoms with Gasteiger partial charge in [-0.25, -0.2) is 36.7 Å². The van der Waals surface area contributed by atoms with Crippen molar-refractivity contribution in [1.29, 1.82) is 0 Å². The number of nitrogens with zero attached hydrogens (tertiary/aromatic N) is 5. The highest BCUT2D eigenvalue weighted by molar-refractivity contribution is 7.90. The SMILES string of the molecule is Cc1ccc(S(=O)(=O)n2cc(-c3ncc(F)c(C[C@@H]4CCC[C@H](N)C4)n3)c3cncnc32)cc1. The molecule has 0 bridgehead atoms. The molecule has 8 nitrogen and oxygen atoms in total. The summed E-state index contributed by atoms with van der Waals surface area (Å²) in [5.41, 5.74) is 7.99. The molecule has 0 saturated heterocycles. The van der Waals surface area contributed by atoms with Crippen LogP contribution in [0.25, 0.3) is 22.4 Å². The Hall–Kier alpha value is -3.24. The van der Waals surface area contributed by atoms with Crippen molar-refractivity contribution < 1.29 is 12.8 Å². The lowest BCUT2D eigenvalue weighted by Crippen LogP contribution is -2.29. The molecule has 34 heavy (non-hydrogen) atoms. The number of aryl methyl sites for hydroxylation is 1. The summed E-state index contributed by atoms with van der Waals surface area (Å²) in [6, 6.07) is 6.71. The van der Waals surface area contributed by atoms with Crippen LogP contribution in [0.2, 0.25) is 0 Å². The summed E-state index contributed by atoms with van der Waals surface area (Å²) in [6.45, 7) is 1.89. The van der Waals surface area contributed by atoms with Crippen LogP contribution in [0.3, 0.4) is 0 Å². The van der Waals surface area contributed by atoms with E-state index in [0.717, 1.165) is 41.4 Å². The van der Waals surface area contributed by atoms with Crippen LogP contribution in [0.15, 0.2) is 54.1 Å². The molecule has 5 rings (SSSR count). The average Bonchev–Trinajstić information content (AvgIpc) is 3.21. The molecule has 176 valence electrons. The molecule has 10 heteroatoms. The molecule has 4 aromatic rings. The first-order chi connectivity index (χ1) is 16.3. The van der Waals surface area contributed by atoms with Crippen LogP contribution in [0, 0.1) is 18.7 Å². The van der Waals surface area contributed by atoms with Crippen molar-refractivity contribution in [1.82, 2.24) is 23.9 Å². The molecule has 0 amide bonds. The Morgan fingerprint density at radius 2 is 1.94 bits per heavy atom. The molecule has 1 aromatic carbocycles. The van der Waals surface area contributed by atoms with Gasteiger partial charge in [-0.3, -0.25) is 0 Å². The van der Waals surface area contributed by atoms with Crippen molar-refractivity contribution in [2.75, 3.05) is 0 Å². The molecular weight excluding hydrogens is 455 g/mol. The van der Waals surface area contributed by atoms with Crippen molar-refractivity contribution in [3.8, 4) is 11.4 Å². The van der Waals surface area contributed by atoms with Gasteiger partial charge in [-0.2, -0.15) is 0 Å². The van der Waals surface area contributed by atoms with Gasteiger partial charge in [0.1, 0.15) is 6.33 Å². The lowest BCUT2D eigenvalue weighted by Gasteiger charge is -2.26. The second-order valence-corrected chi connectivity index (χ2v) is 10.7. The molecule has 3 aromatic heterocycles. The molecule has 1 aliphatic rings. The Morgan fingerprint density at radius 1 is 1.15 bits per heavy atom. The molecule has 1 aliphatic carbocycles. The van der Waals surface area contributed by atoms with Crippen molar-refractivity contribution in [3.63, 3.8) is 0 Å². The zero-order chi connectivity index (χ0) is 23.9. The van der Waals surface area contributed by atoms with Gasteiger partial charge in [0.2, 0.25) is 0 Å². The maximum atomic E-state index is 14.6. The molecule has 0 spiro atoms. The van der Waals surface area contributed by atoms with Crippen LogP contribution in [0.1, 0.15) is 36.9 Å². The Kier molecular flexibility index (Phi) is 5.86.